The summed E-state index contributed by atoms with van der Waals surface area (Å²) in [6.07, 6.45) is 1.96. The van der Waals surface area contributed by atoms with E-state index in [-0.39, 0.29) is 17.8 Å². The second-order valence-electron chi connectivity index (χ2n) is 3.96. The van der Waals surface area contributed by atoms with Gasteiger partial charge in [-0.3, -0.25) is 0 Å². The molecule has 1 fully saturated rings. The maximum atomic E-state index is 13.0. The Bertz CT molecular complexity index is 309. The first-order chi connectivity index (χ1) is 6.16. The van der Waals surface area contributed by atoms with Crippen LogP contribution in [0.25, 0.3) is 0 Å². The molecule has 0 bridgehead atoms. The molecule has 1 aromatic carbocycles. The maximum Gasteiger partial charge on any atom is 0.123 e. The van der Waals surface area contributed by atoms with E-state index in [1.165, 1.54) is 12.1 Å². The van der Waals surface area contributed by atoms with E-state index in [9.17, 15) is 4.39 Å². The van der Waals surface area contributed by atoms with Gasteiger partial charge in [-0.15, -0.1) is 0 Å². The van der Waals surface area contributed by atoms with Gasteiger partial charge in [0.05, 0.1) is 6.61 Å². The monoisotopic (exact) mass is 180 g/mol. The number of hydrogen-bond donors (Lipinski definition) is 1. The highest BCUT2D eigenvalue weighted by molar-refractivity contribution is 5.34. The van der Waals surface area contributed by atoms with E-state index in [2.05, 4.69) is 0 Å². The number of halogens is 1. The molecule has 0 amide bonds. The smallest absolute Gasteiger partial charge is 0.123 e. The van der Waals surface area contributed by atoms with Gasteiger partial charge in [-0.1, -0.05) is 6.07 Å². The Kier molecular flexibility index (Phi) is 1.88. The highest BCUT2D eigenvalue weighted by Crippen LogP contribution is 2.47. The molecule has 2 heteroatoms. The largest absolute Gasteiger partial charge is 0.395 e. The lowest BCUT2D eigenvalue weighted by atomic mass is 9.95. The molecule has 0 atom stereocenters. The zero-order valence-corrected chi connectivity index (χ0v) is 7.68. The third-order valence-corrected chi connectivity index (χ3v) is 2.81. The molecule has 1 nitrogen and oxygen atoms in total. The summed E-state index contributed by atoms with van der Waals surface area (Å²) in [5, 5.41) is 9.17. The molecule has 0 unspecified atom stereocenters. The second kappa shape index (κ2) is 2.81. The summed E-state index contributed by atoms with van der Waals surface area (Å²) in [6, 6.07) is 5.01. The normalized spacial score (nSPS) is 18.7. The van der Waals surface area contributed by atoms with Gasteiger partial charge in [0.25, 0.3) is 0 Å². The predicted octanol–water partition coefficient (Wildman–Crippen LogP) is 2.16. The van der Waals surface area contributed by atoms with E-state index < -0.39 is 0 Å². The molecule has 1 aliphatic carbocycles. The molecule has 2 rings (SSSR count). The van der Waals surface area contributed by atoms with E-state index in [1.54, 1.807) is 0 Å². The highest BCUT2D eigenvalue weighted by Gasteiger charge is 2.43. The topological polar surface area (TPSA) is 20.2 Å². The Hall–Kier alpha value is -0.890. The first kappa shape index (κ1) is 8.70. The molecule has 1 N–H and O–H groups in total. The molecular weight excluding hydrogens is 167 g/mol. The van der Waals surface area contributed by atoms with Crippen molar-refractivity contribution in [3.8, 4) is 0 Å². The van der Waals surface area contributed by atoms with E-state index in [0.29, 0.717) is 0 Å². The van der Waals surface area contributed by atoms with Crippen LogP contribution in [0.3, 0.4) is 0 Å². The van der Waals surface area contributed by atoms with Crippen LogP contribution < -0.4 is 0 Å². The molecule has 1 aromatic rings. The van der Waals surface area contributed by atoms with Crippen molar-refractivity contribution in [2.75, 3.05) is 6.61 Å². The predicted molar refractivity (Wildman–Crippen MR) is 49.1 cm³/mol. The fraction of sp³-hybridized carbons (Fsp3) is 0.455. The number of rotatable bonds is 2. The summed E-state index contributed by atoms with van der Waals surface area (Å²) >= 11 is 0. The molecule has 0 saturated heterocycles. The lowest BCUT2D eigenvalue weighted by Gasteiger charge is -2.12. The summed E-state index contributed by atoms with van der Waals surface area (Å²) in [5.41, 5.74) is 1.76. The van der Waals surface area contributed by atoms with Gasteiger partial charge in [0.1, 0.15) is 5.82 Å². The third-order valence-electron chi connectivity index (χ3n) is 2.81. The van der Waals surface area contributed by atoms with Gasteiger partial charge >= 0.3 is 0 Å². The van der Waals surface area contributed by atoms with E-state index in [4.69, 9.17) is 5.11 Å². The van der Waals surface area contributed by atoms with Crippen molar-refractivity contribution in [3.05, 3.63) is 35.1 Å². The summed E-state index contributed by atoms with van der Waals surface area (Å²) < 4.78 is 13.0. The van der Waals surface area contributed by atoms with Crippen molar-refractivity contribution in [1.82, 2.24) is 0 Å². The molecule has 70 valence electrons. The molecule has 0 heterocycles. The summed E-state index contributed by atoms with van der Waals surface area (Å²) in [5.74, 6) is -0.199. The van der Waals surface area contributed by atoms with Gasteiger partial charge in [-0.2, -0.15) is 0 Å². The Morgan fingerprint density at radius 1 is 1.38 bits per heavy atom. The lowest BCUT2D eigenvalue weighted by molar-refractivity contribution is 0.255. The Balaban J connectivity index is 2.40. The Morgan fingerprint density at radius 3 is 2.54 bits per heavy atom. The van der Waals surface area contributed by atoms with Crippen LogP contribution in [0.1, 0.15) is 24.0 Å². The summed E-state index contributed by atoms with van der Waals surface area (Å²) in [4.78, 5) is 0. The number of benzene rings is 1. The Labute approximate surface area is 77.2 Å². The van der Waals surface area contributed by atoms with Crippen molar-refractivity contribution in [1.29, 1.82) is 0 Å². The van der Waals surface area contributed by atoms with Crippen LogP contribution in [0.2, 0.25) is 0 Å². The van der Waals surface area contributed by atoms with Crippen molar-refractivity contribution in [2.45, 2.75) is 25.2 Å². The van der Waals surface area contributed by atoms with Crippen molar-refractivity contribution in [3.63, 3.8) is 0 Å². The van der Waals surface area contributed by atoms with Gasteiger partial charge < -0.3 is 5.11 Å². The Morgan fingerprint density at radius 2 is 2.08 bits per heavy atom. The standard InChI is InChI=1S/C11H13FO/c1-8-4-9(6-10(12)5-8)11(7-13)2-3-11/h4-6,13H,2-3,7H2,1H3. The quantitative estimate of drug-likeness (QED) is 0.739. The van der Waals surface area contributed by atoms with Gasteiger partial charge in [-0.25, -0.2) is 4.39 Å². The van der Waals surface area contributed by atoms with Gasteiger partial charge in [0, 0.05) is 5.41 Å². The second-order valence-corrected chi connectivity index (χ2v) is 3.96. The summed E-state index contributed by atoms with van der Waals surface area (Å²) in [6.45, 7) is 2.01. The van der Waals surface area contributed by atoms with Crippen LogP contribution in [0.5, 0.6) is 0 Å². The van der Waals surface area contributed by atoms with Crippen LogP contribution in [0.4, 0.5) is 4.39 Å². The number of aliphatic hydroxyl groups excluding tert-OH is 1. The van der Waals surface area contributed by atoms with E-state index in [0.717, 1.165) is 24.0 Å². The van der Waals surface area contributed by atoms with Crippen LogP contribution in [0.15, 0.2) is 18.2 Å². The lowest BCUT2D eigenvalue weighted by Crippen LogP contribution is -2.12. The number of aryl methyl sites for hydroxylation is 1. The number of hydrogen-bond acceptors (Lipinski definition) is 1. The van der Waals surface area contributed by atoms with Crippen molar-refractivity contribution >= 4 is 0 Å². The molecular formula is C11H13FO. The minimum absolute atomic E-state index is 0.118. The minimum atomic E-state index is -0.199. The van der Waals surface area contributed by atoms with Crippen LogP contribution in [-0.4, -0.2) is 11.7 Å². The fourth-order valence-electron chi connectivity index (χ4n) is 1.73. The SMILES string of the molecule is Cc1cc(F)cc(C2(CO)CC2)c1. The van der Waals surface area contributed by atoms with Crippen LogP contribution in [0, 0.1) is 12.7 Å². The van der Waals surface area contributed by atoms with Crippen LogP contribution >= 0.6 is 0 Å². The first-order valence-electron chi connectivity index (χ1n) is 4.55. The van der Waals surface area contributed by atoms with Crippen molar-refractivity contribution < 1.29 is 9.50 Å². The third kappa shape index (κ3) is 1.46. The molecule has 13 heavy (non-hydrogen) atoms. The van der Waals surface area contributed by atoms with Crippen molar-refractivity contribution in [2.24, 2.45) is 0 Å². The molecule has 0 aromatic heterocycles. The summed E-state index contributed by atoms with van der Waals surface area (Å²) in [7, 11) is 0. The highest BCUT2D eigenvalue weighted by atomic mass is 19.1. The average Bonchev–Trinajstić information content (AvgIpc) is 2.82. The molecule has 0 aliphatic heterocycles. The maximum absolute atomic E-state index is 13.0. The minimum Gasteiger partial charge on any atom is -0.395 e. The zero-order valence-electron chi connectivity index (χ0n) is 7.68. The van der Waals surface area contributed by atoms with Crippen LogP contribution in [-0.2, 0) is 5.41 Å². The molecule has 0 radical (unpaired) electrons. The van der Waals surface area contributed by atoms with E-state index >= 15 is 0 Å². The van der Waals surface area contributed by atoms with Gasteiger partial charge in [0.2, 0.25) is 0 Å². The average molecular weight is 180 g/mol. The number of aliphatic hydroxyl groups is 1. The van der Waals surface area contributed by atoms with E-state index in [1.807, 2.05) is 13.0 Å². The fourth-order valence-corrected chi connectivity index (χ4v) is 1.73. The van der Waals surface area contributed by atoms with Gasteiger partial charge in [-0.05, 0) is 43.0 Å². The van der Waals surface area contributed by atoms with Gasteiger partial charge in [0.15, 0.2) is 0 Å². The first-order valence-corrected chi connectivity index (χ1v) is 4.55. The molecule has 1 saturated carbocycles. The molecule has 1 aliphatic rings. The zero-order chi connectivity index (χ0) is 9.47. The molecule has 0 spiro atoms.